The van der Waals surface area contributed by atoms with E-state index in [9.17, 15) is 24.8 Å². The molecule has 0 unspecified atom stereocenters. The second kappa shape index (κ2) is 12.3. The van der Waals surface area contributed by atoms with Gasteiger partial charge >= 0.3 is 0 Å². The zero-order chi connectivity index (χ0) is 34.7. The van der Waals surface area contributed by atoms with Gasteiger partial charge in [0.25, 0.3) is 17.5 Å². The standard InChI is InChI=1S/C36H42FN5O6Si/c1-24-32(49(2,3)37)31(15-20-43)48-36(24)29-21-28(42(46)47)13-14-30(29)39(34(36)45)22-25-9-11-26(12-10-25)40-23-41(27-7-5-4-6-8-27)35(33(40)44)16-18-38-19-17-35/h4-14,21,24,31-32,38,43H,15-20,22-23H2,1-3H3/t24-,31+,32-,36+/m0/s1. The number of benzene rings is 3. The Kier molecular flexibility index (Phi) is 8.37. The van der Waals surface area contributed by atoms with Crippen molar-refractivity contribution in [3.63, 3.8) is 0 Å². The molecule has 2 N–H and O–H groups in total. The summed E-state index contributed by atoms with van der Waals surface area (Å²) in [6.45, 7) is 6.78. The number of anilines is 3. The number of carbonyl (C=O) groups excluding carboxylic acids is 2. The molecule has 4 aliphatic heterocycles. The van der Waals surface area contributed by atoms with E-state index in [1.165, 1.54) is 12.1 Å². The summed E-state index contributed by atoms with van der Waals surface area (Å²) < 4.78 is 22.4. The zero-order valence-electron chi connectivity index (χ0n) is 28.0. The van der Waals surface area contributed by atoms with Crippen LogP contribution in [0.1, 0.15) is 37.3 Å². The van der Waals surface area contributed by atoms with Crippen molar-refractivity contribution in [2.24, 2.45) is 5.92 Å². The van der Waals surface area contributed by atoms with Crippen LogP contribution in [0.5, 0.6) is 0 Å². The number of ether oxygens (including phenoxy) is 1. The van der Waals surface area contributed by atoms with Gasteiger partial charge in [0.1, 0.15) is 5.54 Å². The quantitative estimate of drug-likeness (QED) is 0.143. The van der Waals surface area contributed by atoms with Gasteiger partial charge in [0.15, 0.2) is 5.60 Å². The molecule has 11 nitrogen and oxygen atoms in total. The molecule has 0 aliphatic carbocycles. The number of piperidine rings is 1. The summed E-state index contributed by atoms with van der Waals surface area (Å²) in [7, 11) is -3.41. The van der Waals surface area contributed by atoms with E-state index in [0.717, 1.165) is 30.0 Å². The number of hydrogen-bond donors (Lipinski definition) is 2. The van der Waals surface area contributed by atoms with Crippen molar-refractivity contribution in [1.82, 2.24) is 5.32 Å². The van der Waals surface area contributed by atoms with Crippen molar-refractivity contribution in [3.05, 3.63) is 94.0 Å². The van der Waals surface area contributed by atoms with Crippen LogP contribution in [0.15, 0.2) is 72.8 Å². The first-order chi connectivity index (χ1) is 23.4. The van der Waals surface area contributed by atoms with E-state index >= 15 is 4.11 Å². The van der Waals surface area contributed by atoms with Gasteiger partial charge in [-0.25, -0.2) is 0 Å². The van der Waals surface area contributed by atoms with Gasteiger partial charge in [0.2, 0.25) is 8.41 Å². The predicted molar refractivity (Wildman–Crippen MR) is 187 cm³/mol. The van der Waals surface area contributed by atoms with Gasteiger partial charge in [0, 0.05) is 47.1 Å². The minimum absolute atomic E-state index is 0.0662. The molecule has 13 heteroatoms. The molecule has 0 aromatic heterocycles. The Morgan fingerprint density at radius 3 is 2.35 bits per heavy atom. The summed E-state index contributed by atoms with van der Waals surface area (Å²) in [6.07, 6.45) is 0.853. The van der Waals surface area contributed by atoms with E-state index in [1.54, 1.807) is 31.0 Å². The van der Waals surface area contributed by atoms with Crippen LogP contribution in [-0.2, 0) is 26.5 Å². The number of hydrogen-bond acceptors (Lipinski definition) is 8. The molecule has 4 aliphatic rings. The lowest BCUT2D eigenvalue weighted by molar-refractivity contribution is -0.385. The van der Waals surface area contributed by atoms with Crippen LogP contribution in [0.3, 0.4) is 0 Å². The maximum atomic E-state index is 15.9. The second-order valence-electron chi connectivity index (χ2n) is 14.2. The van der Waals surface area contributed by atoms with Crippen LogP contribution in [0.2, 0.25) is 18.6 Å². The average Bonchev–Trinajstić information content (AvgIpc) is 3.63. The molecule has 258 valence electrons. The molecule has 3 aromatic rings. The van der Waals surface area contributed by atoms with Crippen LogP contribution in [0, 0.1) is 16.0 Å². The first kappa shape index (κ1) is 33.3. The highest BCUT2D eigenvalue weighted by molar-refractivity contribution is 6.72. The average molecular weight is 688 g/mol. The van der Waals surface area contributed by atoms with E-state index < -0.39 is 47.9 Å². The number of nitro benzene ring substituents is 1. The molecule has 4 atom stereocenters. The molecule has 3 fully saturated rings. The smallest absolute Gasteiger partial charge is 0.269 e. The number of amides is 2. The number of nitrogens with one attached hydrogen (secondary N) is 1. The van der Waals surface area contributed by atoms with Crippen LogP contribution < -0.4 is 20.0 Å². The molecule has 0 saturated carbocycles. The van der Waals surface area contributed by atoms with Crippen molar-refractivity contribution >= 4 is 43.0 Å². The fraction of sp³-hybridized carbons (Fsp3) is 0.444. The molecule has 49 heavy (non-hydrogen) atoms. The topological polar surface area (TPSA) is 128 Å². The molecular weight excluding hydrogens is 646 g/mol. The first-order valence-electron chi connectivity index (χ1n) is 16.9. The lowest BCUT2D eigenvalue weighted by Crippen LogP contribution is -2.55. The lowest BCUT2D eigenvalue weighted by Gasteiger charge is -2.39. The molecule has 2 amide bonds. The Hall–Kier alpha value is -4.17. The Morgan fingerprint density at radius 1 is 1.02 bits per heavy atom. The van der Waals surface area contributed by atoms with Gasteiger partial charge < -0.3 is 29.1 Å². The largest absolute Gasteiger partial charge is 0.396 e. The van der Waals surface area contributed by atoms with Gasteiger partial charge in [0.05, 0.1) is 29.9 Å². The van der Waals surface area contributed by atoms with Crippen LogP contribution in [-0.4, -0.2) is 68.3 Å². The number of aliphatic hydroxyl groups excluding tert-OH is 1. The van der Waals surface area contributed by atoms with Gasteiger partial charge in [-0.15, -0.1) is 0 Å². The summed E-state index contributed by atoms with van der Waals surface area (Å²) in [4.78, 5) is 45.6. The molecular formula is C36H42FN5O6Si. The fourth-order valence-corrected chi connectivity index (χ4v) is 11.4. The SMILES string of the molecule is C[C@H]1[C@H]([Si](C)(C)F)[C@@H](CCO)O[C@]12C(=O)N(Cc1ccc(N3CN(c4ccccc4)C4(CCNCC4)C3=O)cc1)c1ccc([N+](=O)[O-])cc12. The highest BCUT2D eigenvalue weighted by atomic mass is 28.4. The van der Waals surface area contributed by atoms with Crippen molar-refractivity contribution in [1.29, 1.82) is 0 Å². The summed E-state index contributed by atoms with van der Waals surface area (Å²) in [6, 6.07) is 21.9. The summed E-state index contributed by atoms with van der Waals surface area (Å²) in [5, 5.41) is 25.0. The van der Waals surface area contributed by atoms with Crippen LogP contribution in [0.25, 0.3) is 0 Å². The summed E-state index contributed by atoms with van der Waals surface area (Å²) in [5.74, 6) is -0.951. The van der Waals surface area contributed by atoms with E-state index in [4.69, 9.17) is 4.74 Å². The maximum absolute atomic E-state index is 15.9. The van der Waals surface area contributed by atoms with Crippen molar-refractivity contribution < 1.29 is 28.5 Å². The monoisotopic (exact) mass is 687 g/mol. The number of nitro groups is 1. The highest BCUT2D eigenvalue weighted by Gasteiger charge is 2.67. The van der Waals surface area contributed by atoms with Gasteiger partial charge in [-0.3, -0.25) is 24.6 Å². The molecule has 7 rings (SSSR count). The third-order valence-electron chi connectivity index (χ3n) is 11.1. The maximum Gasteiger partial charge on any atom is 0.269 e. The molecule has 0 bridgehead atoms. The molecule has 4 heterocycles. The highest BCUT2D eigenvalue weighted by Crippen LogP contribution is 2.60. The van der Waals surface area contributed by atoms with E-state index in [2.05, 4.69) is 10.2 Å². The van der Waals surface area contributed by atoms with E-state index in [1.807, 2.05) is 59.5 Å². The lowest BCUT2D eigenvalue weighted by atomic mass is 9.82. The van der Waals surface area contributed by atoms with Gasteiger partial charge in [-0.2, -0.15) is 0 Å². The van der Waals surface area contributed by atoms with E-state index in [-0.39, 0.29) is 31.2 Å². The van der Waals surface area contributed by atoms with Gasteiger partial charge in [-0.1, -0.05) is 37.3 Å². The summed E-state index contributed by atoms with van der Waals surface area (Å²) in [5.41, 5.74) is 0.347. The van der Waals surface area contributed by atoms with Gasteiger partial charge in [-0.05, 0) is 81.3 Å². The Morgan fingerprint density at radius 2 is 1.71 bits per heavy atom. The van der Waals surface area contributed by atoms with Crippen LogP contribution >= 0.6 is 0 Å². The predicted octanol–water partition coefficient (Wildman–Crippen LogP) is 5.23. The number of carbonyl (C=O) groups is 2. The zero-order valence-corrected chi connectivity index (χ0v) is 29.0. The summed E-state index contributed by atoms with van der Waals surface area (Å²) >= 11 is 0. The second-order valence-corrected chi connectivity index (χ2v) is 18.0. The number of rotatable bonds is 8. The number of non-ortho nitro benzene ring substituents is 1. The minimum atomic E-state index is -3.41. The molecule has 2 spiro atoms. The third kappa shape index (κ3) is 5.25. The van der Waals surface area contributed by atoms with Crippen molar-refractivity contribution in [2.75, 3.05) is 41.1 Å². The number of fused-ring (bicyclic) bond motifs is 2. The Bertz CT molecular complexity index is 1770. The fourth-order valence-electron chi connectivity index (χ4n) is 8.83. The number of aliphatic hydroxyl groups is 1. The number of para-hydroxylation sites is 1. The normalized spacial score (nSPS) is 26.3. The van der Waals surface area contributed by atoms with Crippen LogP contribution in [0.4, 0.5) is 26.9 Å². The van der Waals surface area contributed by atoms with Crippen molar-refractivity contribution in [2.45, 2.75) is 68.6 Å². The molecule has 3 aromatic carbocycles. The number of nitrogens with zero attached hydrogens (tertiary/aromatic N) is 4. The minimum Gasteiger partial charge on any atom is -0.396 e. The molecule has 0 radical (unpaired) electrons. The molecule has 3 saturated heterocycles. The number of halogens is 1. The van der Waals surface area contributed by atoms with Crippen molar-refractivity contribution in [3.8, 4) is 0 Å². The Balaban J connectivity index is 1.20. The first-order valence-corrected chi connectivity index (χ1v) is 19.9. The third-order valence-corrected chi connectivity index (χ3v) is 13.6. The van der Waals surface area contributed by atoms with E-state index in [0.29, 0.717) is 30.8 Å². The Labute approximate surface area is 286 Å².